The molecule has 5 nitrogen and oxygen atoms in total. The van der Waals surface area contributed by atoms with Crippen molar-refractivity contribution in [2.45, 2.75) is 35.3 Å². The fraction of sp³-hybridized carbons (Fsp3) is 0.208. The molecule has 0 radical (unpaired) electrons. The summed E-state index contributed by atoms with van der Waals surface area (Å²) in [6.07, 6.45) is 4.39. The Morgan fingerprint density at radius 2 is 1.79 bits per heavy atom. The molecule has 0 N–H and O–H groups in total. The average molecular weight is 504 g/mol. The van der Waals surface area contributed by atoms with E-state index in [2.05, 4.69) is 4.98 Å². The summed E-state index contributed by atoms with van der Waals surface area (Å²) in [5.74, 6) is -0.355. The Bertz CT molecular complexity index is 1280. The topological polar surface area (TPSA) is 53.5 Å². The molecular formula is C24H17ClF3N3O2S. The van der Waals surface area contributed by atoms with Crippen molar-refractivity contribution in [1.82, 2.24) is 9.88 Å². The number of halogens is 4. The number of alkyl halides is 3. The molecule has 2 heterocycles. The summed E-state index contributed by atoms with van der Waals surface area (Å²) in [6, 6.07) is 13.8. The maximum Gasteiger partial charge on any atom is 0.446 e. The minimum absolute atomic E-state index is 0.0173. The third-order valence-electron chi connectivity index (χ3n) is 5.97. The Morgan fingerprint density at radius 3 is 2.44 bits per heavy atom. The molecule has 1 saturated heterocycles. The van der Waals surface area contributed by atoms with Gasteiger partial charge in [-0.15, -0.1) is 0 Å². The molecule has 1 spiro atoms. The van der Waals surface area contributed by atoms with Crippen molar-refractivity contribution in [2.24, 2.45) is 0 Å². The molecule has 0 bridgehead atoms. The maximum atomic E-state index is 13.4. The van der Waals surface area contributed by atoms with Gasteiger partial charge in [0.2, 0.25) is 0 Å². The molecule has 174 valence electrons. The van der Waals surface area contributed by atoms with Crippen molar-refractivity contribution < 1.29 is 22.8 Å². The van der Waals surface area contributed by atoms with Crippen molar-refractivity contribution in [2.75, 3.05) is 4.90 Å². The molecule has 10 heteroatoms. The predicted octanol–water partition coefficient (Wildman–Crippen LogP) is 6.52. The van der Waals surface area contributed by atoms with Gasteiger partial charge in [0, 0.05) is 34.4 Å². The van der Waals surface area contributed by atoms with Crippen molar-refractivity contribution in [3.8, 4) is 11.1 Å². The van der Waals surface area contributed by atoms with Crippen LogP contribution in [0.25, 0.3) is 11.1 Å². The highest BCUT2D eigenvalue weighted by molar-refractivity contribution is 8.00. The van der Waals surface area contributed by atoms with Crippen molar-refractivity contribution >= 4 is 41.0 Å². The first-order chi connectivity index (χ1) is 16.2. The minimum atomic E-state index is -4.42. The zero-order valence-corrected chi connectivity index (χ0v) is 19.1. The number of urea groups is 1. The first-order valence-corrected chi connectivity index (χ1v) is 11.6. The first kappa shape index (κ1) is 22.7. The van der Waals surface area contributed by atoms with Crippen LogP contribution in [0.2, 0.25) is 5.02 Å². The number of rotatable bonds is 5. The molecular weight excluding hydrogens is 487 g/mol. The lowest BCUT2D eigenvalue weighted by atomic mass is 10.0. The Hall–Kier alpha value is -3.04. The third-order valence-corrected chi connectivity index (χ3v) is 6.94. The smallest absolute Gasteiger partial charge is 0.305 e. The number of thioether (sulfide) groups is 1. The van der Waals surface area contributed by atoms with E-state index in [9.17, 15) is 22.8 Å². The van der Waals surface area contributed by atoms with E-state index in [0.717, 1.165) is 21.6 Å². The van der Waals surface area contributed by atoms with E-state index in [-0.39, 0.29) is 34.8 Å². The van der Waals surface area contributed by atoms with Crippen LogP contribution in [-0.2, 0) is 11.3 Å². The summed E-state index contributed by atoms with van der Waals surface area (Å²) in [6.45, 7) is 0.188. The Morgan fingerprint density at radius 1 is 1.06 bits per heavy atom. The van der Waals surface area contributed by atoms with Gasteiger partial charge in [0.05, 0.1) is 5.69 Å². The summed E-state index contributed by atoms with van der Waals surface area (Å²) >= 11 is 5.90. The number of benzene rings is 2. The fourth-order valence-corrected chi connectivity index (χ4v) is 4.94. The number of carbonyl (C=O) groups excluding carboxylic acids is 2. The molecule has 0 atom stereocenters. The maximum absolute atomic E-state index is 13.4. The van der Waals surface area contributed by atoms with E-state index < -0.39 is 17.1 Å². The molecule has 1 saturated carbocycles. The number of hydrogen-bond donors (Lipinski definition) is 0. The predicted molar refractivity (Wildman–Crippen MR) is 123 cm³/mol. The number of imide groups is 1. The first-order valence-electron chi connectivity index (χ1n) is 10.4. The van der Waals surface area contributed by atoms with Gasteiger partial charge in [-0.1, -0.05) is 23.7 Å². The second kappa shape index (κ2) is 8.32. The molecule has 3 amide bonds. The molecule has 2 aliphatic rings. The van der Waals surface area contributed by atoms with Gasteiger partial charge in [-0.2, -0.15) is 13.2 Å². The van der Waals surface area contributed by atoms with E-state index in [0.29, 0.717) is 17.9 Å². The van der Waals surface area contributed by atoms with Crippen LogP contribution < -0.4 is 4.90 Å². The van der Waals surface area contributed by atoms with Crippen LogP contribution in [0.5, 0.6) is 0 Å². The van der Waals surface area contributed by atoms with E-state index >= 15 is 0 Å². The molecule has 1 aromatic heterocycles. The highest BCUT2D eigenvalue weighted by Gasteiger charge is 2.65. The number of pyridine rings is 1. The molecule has 34 heavy (non-hydrogen) atoms. The summed E-state index contributed by atoms with van der Waals surface area (Å²) in [4.78, 5) is 33.5. The third kappa shape index (κ3) is 4.14. The van der Waals surface area contributed by atoms with Crippen LogP contribution in [0.4, 0.5) is 23.7 Å². The second-order valence-corrected chi connectivity index (χ2v) is 9.70. The van der Waals surface area contributed by atoms with Gasteiger partial charge in [-0.05, 0) is 78.2 Å². The van der Waals surface area contributed by atoms with Crippen LogP contribution >= 0.6 is 23.4 Å². The standard InChI is InChI=1S/C24H17ClF3N3O2S/c25-17-3-1-2-15(12-17)20-13-29-11-8-16(20)14-30-22(33)31(21(32)23(30)9-10-23)18-4-6-19(7-5-18)34-24(26,27)28/h1-8,11-13H,9-10,14H2. The molecule has 3 aromatic rings. The van der Waals surface area contributed by atoms with Crippen LogP contribution in [0.15, 0.2) is 71.9 Å². The highest BCUT2D eigenvalue weighted by atomic mass is 35.5. The van der Waals surface area contributed by atoms with Crippen molar-refractivity contribution in [1.29, 1.82) is 0 Å². The van der Waals surface area contributed by atoms with Crippen molar-refractivity contribution in [3.63, 3.8) is 0 Å². The van der Waals surface area contributed by atoms with Crippen LogP contribution in [0.1, 0.15) is 18.4 Å². The summed E-state index contributed by atoms with van der Waals surface area (Å²) < 4.78 is 37.9. The summed E-state index contributed by atoms with van der Waals surface area (Å²) in [5, 5.41) is 0.566. The van der Waals surface area contributed by atoms with E-state index in [1.165, 1.54) is 24.3 Å². The normalized spacial score (nSPS) is 17.1. The quantitative estimate of drug-likeness (QED) is 0.294. The largest absolute Gasteiger partial charge is 0.446 e. The van der Waals surface area contributed by atoms with Crippen LogP contribution in [0, 0.1) is 0 Å². The van der Waals surface area contributed by atoms with E-state index in [1.54, 1.807) is 35.5 Å². The molecule has 1 aliphatic carbocycles. The lowest BCUT2D eigenvalue weighted by molar-refractivity contribution is -0.120. The monoisotopic (exact) mass is 503 g/mol. The van der Waals surface area contributed by atoms with Gasteiger partial charge in [0.15, 0.2) is 0 Å². The van der Waals surface area contributed by atoms with Gasteiger partial charge in [0.1, 0.15) is 5.54 Å². The highest BCUT2D eigenvalue weighted by Crippen LogP contribution is 2.50. The van der Waals surface area contributed by atoms with Crippen LogP contribution in [0.3, 0.4) is 0 Å². The number of anilines is 1. The Kier molecular flexibility index (Phi) is 5.56. The molecule has 0 unspecified atom stereocenters. The summed E-state index contributed by atoms with van der Waals surface area (Å²) in [5.41, 5.74) is -2.64. The number of nitrogens with zero attached hydrogens (tertiary/aromatic N) is 3. The Labute approximate surface area is 202 Å². The van der Waals surface area contributed by atoms with E-state index in [1.807, 2.05) is 12.1 Å². The van der Waals surface area contributed by atoms with Gasteiger partial charge in [-0.3, -0.25) is 9.78 Å². The lowest BCUT2D eigenvalue weighted by Crippen LogP contribution is -2.36. The fourth-order valence-electron chi connectivity index (χ4n) is 4.21. The SMILES string of the molecule is O=C1N(c2ccc(SC(F)(F)F)cc2)C(=O)C2(CC2)N1Cc1ccncc1-c1cccc(Cl)c1. The second-order valence-electron chi connectivity index (χ2n) is 8.13. The van der Waals surface area contributed by atoms with E-state index in [4.69, 9.17) is 11.6 Å². The Balaban J connectivity index is 1.44. The minimum Gasteiger partial charge on any atom is -0.305 e. The van der Waals surface area contributed by atoms with Gasteiger partial charge < -0.3 is 4.90 Å². The molecule has 1 aliphatic heterocycles. The van der Waals surface area contributed by atoms with Crippen molar-refractivity contribution in [3.05, 3.63) is 77.6 Å². The van der Waals surface area contributed by atoms with Gasteiger partial charge in [-0.25, -0.2) is 9.69 Å². The zero-order chi connectivity index (χ0) is 24.1. The number of amides is 3. The van der Waals surface area contributed by atoms with Gasteiger partial charge in [0.25, 0.3) is 5.91 Å². The number of aromatic nitrogens is 1. The van der Waals surface area contributed by atoms with Crippen LogP contribution in [-0.4, -0.2) is 32.9 Å². The number of carbonyl (C=O) groups is 2. The lowest BCUT2D eigenvalue weighted by Gasteiger charge is -2.23. The van der Waals surface area contributed by atoms with Gasteiger partial charge >= 0.3 is 11.5 Å². The zero-order valence-electron chi connectivity index (χ0n) is 17.6. The molecule has 2 fully saturated rings. The summed E-state index contributed by atoms with van der Waals surface area (Å²) in [7, 11) is 0. The molecule has 2 aromatic carbocycles. The average Bonchev–Trinajstić information content (AvgIpc) is 3.56. The number of hydrogen-bond acceptors (Lipinski definition) is 4. The molecule has 5 rings (SSSR count).